The van der Waals surface area contributed by atoms with Crippen LogP contribution in [0.4, 0.5) is 5.69 Å². The molecule has 1 aliphatic rings. The molecule has 1 saturated carbocycles. The summed E-state index contributed by atoms with van der Waals surface area (Å²) < 4.78 is 5.82. The summed E-state index contributed by atoms with van der Waals surface area (Å²) in [7, 11) is 0. The van der Waals surface area contributed by atoms with Crippen LogP contribution in [0.5, 0.6) is 5.75 Å². The number of rotatable bonds is 4. The summed E-state index contributed by atoms with van der Waals surface area (Å²) in [5, 5.41) is 3.55. The lowest BCUT2D eigenvalue weighted by molar-refractivity contribution is 0.243. The van der Waals surface area contributed by atoms with Gasteiger partial charge in [0, 0.05) is 12.1 Å². The number of nitrogens with two attached hydrogens (primary N) is 1. The molecule has 1 aromatic carbocycles. The van der Waals surface area contributed by atoms with E-state index in [1.54, 1.807) is 0 Å². The van der Waals surface area contributed by atoms with Gasteiger partial charge in [0.1, 0.15) is 5.75 Å². The zero-order valence-corrected chi connectivity index (χ0v) is 11.4. The fourth-order valence-corrected chi connectivity index (χ4v) is 2.48. The Balaban J connectivity index is 2.07. The van der Waals surface area contributed by atoms with Crippen LogP contribution in [0.1, 0.15) is 39.5 Å². The maximum atomic E-state index is 6.17. The normalized spacial score (nSPS) is 24.0. The van der Waals surface area contributed by atoms with Gasteiger partial charge in [0.25, 0.3) is 0 Å². The van der Waals surface area contributed by atoms with Crippen LogP contribution in [0.2, 0.25) is 0 Å². The molecule has 0 heterocycles. The molecular weight excluding hydrogens is 224 g/mol. The average molecular weight is 248 g/mol. The number of hydrogen-bond donors (Lipinski definition) is 2. The molecule has 0 aromatic heterocycles. The molecule has 0 spiro atoms. The van der Waals surface area contributed by atoms with Crippen molar-refractivity contribution in [2.45, 2.75) is 57.7 Å². The highest BCUT2D eigenvalue weighted by atomic mass is 16.5. The van der Waals surface area contributed by atoms with Crippen molar-refractivity contribution in [3.63, 3.8) is 0 Å². The van der Waals surface area contributed by atoms with Gasteiger partial charge in [0.2, 0.25) is 0 Å². The number of anilines is 1. The van der Waals surface area contributed by atoms with E-state index in [-0.39, 0.29) is 12.1 Å². The lowest BCUT2D eigenvalue weighted by atomic mass is 9.91. The molecule has 0 amide bonds. The molecule has 3 N–H and O–H groups in total. The number of nitrogens with one attached hydrogen (secondary N) is 1. The first kappa shape index (κ1) is 13.2. The van der Waals surface area contributed by atoms with E-state index in [4.69, 9.17) is 10.5 Å². The first-order chi connectivity index (χ1) is 8.66. The van der Waals surface area contributed by atoms with Gasteiger partial charge in [-0.2, -0.15) is 0 Å². The highest BCUT2D eigenvalue weighted by molar-refractivity contribution is 5.57. The third-order valence-corrected chi connectivity index (χ3v) is 3.41. The minimum atomic E-state index is 0.188. The second-order valence-electron chi connectivity index (χ2n) is 5.36. The van der Waals surface area contributed by atoms with Crippen molar-refractivity contribution in [2.24, 2.45) is 5.73 Å². The number of para-hydroxylation sites is 2. The zero-order valence-electron chi connectivity index (χ0n) is 11.4. The summed E-state index contributed by atoms with van der Waals surface area (Å²) in [6, 6.07) is 8.74. The Morgan fingerprint density at radius 3 is 2.67 bits per heavy atom. The molecule has 1 aliphatic carbocycles. The van der Waals surface area contributed by atoms with Gasteiger partial charge in [0.05, 0.1) is 11.8 Å². The van der Waals surface area contributed by atoms with E-state index in [1.807, 2.05) is 32.0 Å². The lowest BCUT2D eigenvalue weighted by Gasteiger charge is -2.31. The smallest absolute Gasteiger partial charge is 0.142 e. The SMILES string of the molecule is CC(C)Oc1ccccc1NC1CCCCC1N. The van der Waals surface area contributed by atoms with Gasteiger partial charge < -0.3 is 15.8 Å². The van der Waals surface area contributed by atoms with Crippen molar-refractivity contribution < 1.29 is 4.74 Å². The largest absolute Gasteiger partial charge is 0.489 e. The highest BCUT2D eigenvalue weighted by Gasteiger charge is 2.22. The van der Waals surface area contributed by atoms with Crippen molar-refractivity contribution in [3.05, 3.63) is 24.3 Å². The van der Waals surface area contributed by atoms with E-state index in [2.05, 4.69) is 11.4 Å². The highest BCUT2D eigenvalue weighted by Crippen LogP contribution is 2.28. The second-order valence-corrected chi connectivity index (χ2v) is 5.36. The third kappa shape index (κ3) is 3.39. The Kier molecular flexibility index (Phi) is 4.48. The molecule has 1 fully saturated rings. The van der Waals surface area contributed by atoms with E-state index in [1.165, 1.54) is 12.8 Å². The molecular formula is C15H24N2O. The van der Waals surface area contributed by atoms with Crippen LogP contribution in [0.15, 0.2) is 24.3 Å². The van der Waals surface area contributed by atoms with Crippen molar-refractivity contribution in [2.75, 3.05) is 5.32 Å². The standard InChI is InChI=1S/C15H24N2O/c1-11(2)18-15-10-6-5-9-14(15)17-13-8-4-3-7-12(13)16/h5-6,9-13,17H,3-4,7-8,16H2,1-2H3. The van der Waals surface area contributed by atoms with Gasteiger partial charge in [-0.05, 0) is 38.8 Å². The molecule has 2 unspecified atom stereocenters. The topological polar surface area (TPSA) is 47.3 Å². The fraction of sp³-hybridized carbons (Fsp3) is 0.600. The molecule has 18 heavy (non-hydrogen) atoms. The van der Waals surface area contributed by atoms with E-state index < -0.39 is 0 Å². The Morgan fingerprint density at radius 1 is 1.22 bits per heavy atom. The van der Waals surface area contributed by atoms with Gasteiger partial charge in [-0.15, -0.1) is 0 Å². The van der Waals surface area contributed by atoms with Crippen LogP contribution in [-0.2, 0) is 0 Å². The van der Waals surface area contributed by atoms with Crippen molar-refractivity contribution in [1.82, 2.24) is 0 Å². The molecule has 0 aliphatic heterocycles. The summed E-state index contributed by atoms with van der Waals surface area (Å²) in [5.74, 6) is 0.922. The second kappa shape index (κ2) is 6.10. The summed E-state index contributed by atoms with van der Waals surface area (Å²) in [6.45, 7) is 4.09. The predicted octanol–water partition coefficient (Wildman–Crippen LogP) is 3.16. The average Bonchev–Trinajstić information content (AvgIpc) is 2.34. The molecule has 3 nitrogen and oxygen atoms in total. The van der Waals surface area contributed by atoms with Crippen LogP contribution in [0, 0.1) is 0 Å². The van der Waals surface area contributed by atoms with Gasteiger partial charge in [-0.1, -0.05) is 25.0 Å². The number of hydrogen-bond acceptors (Lipinski definition) is 3. The molecule has 0 radical (unpaired) electrons. The molecule has 2 rings (SSSR count). The molecule has 100 valence electrons. The first-order valence-electron chi connectivity index (χ1n) is 6.94. The molecule has 3 heteroatoms. The first-order valence-corrected chi connectivity index (χ1v) is 6.94. The van der Waals surface area contributed by atoms with Gasteiger partial charge in [0.15, 0.2) is 0 Å². The van der Waals surface area contributed by atoms with Crippen LogP contribution in [0.3, 0.4) is 0 Å². The molecule has 0 saturated heterocycles. The maximum absolute atomic E-state index is 6.17. The van der Waals surface area contributed by atoms with Crippen molar-refractivity contribution in [1.29, 1.82) is 0 Å². The van der Waals surface area contributed by atoms with Gasteiger partial charge in [-0.3, -0.25) is 0 Å². The van der Waals surface area contributed by atoms with E-state index >= 15 is 0 Å². The summed E-state index contributed by atoms with van der Waals surface area (Å²) in [5.41, 5.74) is 7.24. The summed E-state index contributed by atoms with van der Waals surface area (Å²) in [6.07, 6.45) is 4.97. The lowest BCUT2D eigenvalue weighted by Crippen LogP contribution is -2.42. The van der Waals surface area contributed by atoms with Gasteiger partial charge in [-0.25, -0.2) is 0 Å². The van der Waals surface area contributed by atoms with E-state index in [0.29, 0.717) is 6.04 Å². The number of ether oxygens (including phenoxy) is 1. The molecule has 1 aromatic rings. The Labute approximate surface area is 110 Å². The third-order valence-electron chi connectivity index (χ3n) is 3.41. The molecule has 0 bridgehead atoms. The summed E-state index contributed by atoms with van der Waals surface area (Å²) >= 11 is 0. The maximum Gasteiger partial charge on any atom is 0.142 e. The van der Waals surface area contributed by atoms with Crippen LogP contribution in [-0.4, -0.2) is 18.2 Å². The number of benzene rings is 1. The fourth-order valence-electron chi connectivity index (χ4n) is 2.48. The van der Waals surface area contributed by atoms with Gasteiger partial charge >= 0.3 is 0 Å². The Hall–Kier alpha value is -1.22. The minimum absolute atomic E-state index is 0.188. The Bertz CT molecular complexity index is 379. The Morgan fingerprint density at radius 2 is 1.94 bits per heavy atom. The van der Waals surface area contributed by atoms with Crippen molar-refractivity contribution in [3.8, 4) is 5.75 Å². The minimum Gasteiger partial charge on any atom is -0.489 e. The summed E-state index contributed by atoms with van der Waals surface area (Å²) in [4.78, 5) is 0. The van der Waals surface area contributed by atoms with Crippen LogP contribution in [0.25, 0.3) is 0 Å². The van der Waals surface area contributed by atoms with Crippen LogP contribution < -0.4 is 15.8 Å². The predicted molar refractivity (Wildman–Crippen MR) is 76.1 cm³/mol. The van der Waals surface area contributed by atoms with Crippen LogP contribution >= 0.6 is 0 Å². The molecule has 2 atom stereocenters. The monoisotopic (exact) mass is 248 g/mol. The zero-order chi connectivity index (χ0) is 13.0. The quantitative estimate of drug-likeness (QED) is 0.860. The van der Waals surface area contributed by atoms with Crippen molar-refractivity contribution >= 4 is 5.69 Å². The van der Waals surface area contributed by atoms with E-state index in [0.717, 1.165) is 24.3 Å². The van der Waals surface area contributed by atoms with E-state index in [9.17, 15) is 0 Å².